The van der Waals surface area contributed by atoms with E-state index in [2.05, 4.69) is 27.5 Å². The van der Waals surface area contributed by atoms with Gasteiger partial charge in [-0.15, -0.1) is 22.7 Å². The fraction of sp³-hybridized carbons (Fsp3) is 0.350. The zero-order chi connectivity index (χ0) is 17.1. The molecule has 130 valence electrons. The SMILES string of the molecule is CCOc1ccc(N=c2scc(-c3cccs3)n2C2CCCC2)cc1. The van der Waals surface area contributed by atoms with Crippen molar-refractivity contribution in [2.75, 3.05) is 6.61 Å². The molecule has 5 heteroatoms. The third kappa shape index (κ3) is 3.58. The molecule has 1 aromatic carbocycles. The largest absolute Gasteiger partial charge is 0.494 e. The van der Waals surface area contributed by atoms with E-state index in [0.717, 1.165) is 16.2 Å². The van der Waals surface area contributed by atoms with Crippen LogP contribution in [0.3, 0.4) is 0 Å². The summed E-state index contributed by atoms with van der Waals surface area (Å²) in [5.41, 5.74) is 2.30. The Kier molecular flexibility index (Phi) is 5.04. The molecule has 0 radical (unpaired) electrons. The van der Waals surface area contributed by atoms with E-state index in [1.165, 1.54) is 36.3 Å². The molecule has 3 aromatic rings. The molecule has 1 aliphatic rings. The van der Waals surface area contributed by atoms with Crippen molar-refractivity contribution in [2.45, 2.75) is 38.6 Å². The van der Waals surface area contributed by atoms with E-state index in [1.807, 2.05) is 31.2 Å². The van der Waals surface area contributed by atoms with Crippen LogP contribution in [0.15, 0.2) is 52.2 Å². The third-order valence-corrected chi connectivity index (χ3v) is 6.31. The van der Waals surface area contributed by atoms with Crippen molar-refractivity contribution >= 4 is 28.4 Å². The van der Waals surface area contributed by atoms with Gasteiger partial charge in [0, 0.05) is 11.4 Å². The molecule has 0 unspecified atom stereocenters. The van der Waals surface area contributed by atoms with Crippen molar-refractivity contribution in [1.29, 1.82) is 0 Å². The van der Waals surface area contributed by atoms with Crippen LogP contribution in [-0.2, 0) is 0 Å². The predicted molar refractivity (Wildman–Crippen MR) is 106 cm³/mol. The van der Waals surface area contributed by atoms with Gasteiger partial charge in [0.25, 0.3) is 0 Å². The summed E-state index contributed by atoms with van der Waals surface area (Å²) in [6.07, 6.45) is 5.15. The molecule has 1 saturated carbocycles. The van der Waals surface area contributed by atoms with Crippen molar-refractivity contribution in [3.05, 3.63) is 52.0 Å². The lowest BCUT2D eigenvalue weighted by Crippen LogP contribution is -2.19. The fourth-order valence-electron chi connectivity index (χ4n) is 3.42. The molecule has 0 bridgehead atoms. The van der Waals surface area contributed by atoms with Crippen LogP contribution in [0.4, 0.5) is 5.69 Å². The lowest BCUT2D eigenvalue weighted by atomic mass is 10.2. The molecule has 25 heavy (non-hydrogen) atoms. The maximum absolute atomic E-state index is 5.53. The summed E-state index contributed by atoms with van der Waals surface area (Å²) in [6, 6.07) is 13.0. The van der Waals surface area contributed by atoms with Crippen LogP contribution in [0.5, 0.6) is 5.75 Å². The minimum Gasteiger partial charge on any atom is -0.494 e. The minimum atomic E-state index is 0.574. The maximum atomic E-state index is 5.53. The first-order valence-electron chi connectivity index (χ1n) is 8.86. The van der Waals surface area contributed by atoms with Crippen molar-refractivity contribution in [3.8, 4) is 16.3 Å². The number of hydrogen-bond acceptors (Lipinski definition) is 4. The van der Waals surface area contributed by atoms with Gasteiger partial charge in [-0.3, -0.25) is 0 Å². The normalized spacial score (nSPS) is 15.8. The van der Waals surface area contributed by atoms with Crippen molar-refractivity contribution in [2.24, 2.45) is 4.99 Å². The van der Waals surface area contributed by atoms with Gasteiger partial charge in [0.05, 0.1) is 22.9 Å². The number of hydrogen-bond donors (Lipinski definition) is 0. The minimum absolute atomic E-state index is 0.574. The smallest absolute Gasteiger partial charge is 0.190 e. The topological polar surface area (TPSA) is 26.5 Å². The number of benzene rings is 1. The summed E-state index contributed by atoms with van der Waals surface area (Å²) < 4.78 is 8.00. The van der Waals surface area contributed by atoms with Crippen LogP contribution in [0, 0.1) is 0 Å². The van der Waals surface area contributed by atoms with Gasteiger partial charge >= 0.3 is 0 Å². The monoisotopic (exact) mass is 370 g/mol. The molecule has 0 atom stereocenters. The van der Waals surface area contributed by atoms with Crippen molar-refractivity contribution in [1.82, 2.24) is 4.57 Å². The van der Waals surface area contributed by atoms with E-state index < -0.39 is 0 Å². The molecule has 1 fully saturated rings. The van der Waals surface area contributed by atoms with Crippen LogP contribution in [0.2, 0.25) is 0 Å². The van der Waals surface area contributed by atoms with Crippen molar-refractivity contribution in [3.63, 3.8) is 0 Å². The lowest BCUT2D eigenvalue weighted by Gasteiger charge is -2.15. The zero-order valence-corrected chi connectivity index (χ0v) is 16.0. The van der Waals surface area contributed by atoms with Gasteiger partial charge in [0.2, 0.25) is 0 Å². The first-order valence-corrected chi connectivity index (χ1v) is 10.6. The molecular weight excluding hydrogens is 348 g/mol. The van der Waals surface area contributed by atoms with E-state index in [9.17, 15) is 0 Å². The van der Waals surface area contributed by atoms with Crippen molar-refractivity contribution < 1.29 is 4.74 Å². The molecule has 0 saturated heterocycles. The second-order valence-corrected chi connectivity index (χ2v) is 8.01. The highest BCUT2D eigenvalue weighted by Crippen LogP contribution is 2.35. The van der Waals surface area contributed by atoms with E-state index >= 15 is 0 Å². The first-order chi connectivity index (χ1) is 12.3. The van der Waals surface area contributed by atoms with E-state index in [-0.39, 0.29) is 0 Å². The molecule has 0 N–H and O–H groups in total. The fourth-order valence-corrected chi connectivity index (χ4v) is 5.21. The quantitative estimate of drug-likeness (QED) is 0.539. The summed E-state index contributed by atoms with van der Waals surface area (Å²) in [5, 5.41) is 4.41. The van der Waals surface area contributed by atoms with Gasteiger partial charge in [-0.1, -0.05) is 18.9 Å². The highest BCUT2D eigenvalue weighted by atomic mass is 32.1. The Morgan fingerprint density at radius 2 is 1.92 bits per heavy atom. The van der Waals surface area contributed by atoms with Gasteiger partial charge in [0.1, 0.15) is 5.75 Å². The number of ether oxygens (including phenoxy) is 1. The molecular formula is C20H22N2OS2. The van der Waals surface area contributed by atoms with Crippen LogP contribution < -0.4 is 9.54 Å². The van der Waals surface area contributed by atoms with Crippen LogP contribution in [-0.4, -0.2) is 11.2 Å². The van der Waals surface area contributed by atoms with Gasteiger partial charge in [-0.05, 0) is 55.5 Å². The van der Waals surface area contributed by atoms with Crippen LogP contribution in [0.25, 0.3) is 10.6 Å². The third-order valence-electron chi connectivity index (χ3n) is 4.58. The number of rotatable bonds is 5. The van der Waals surface area contributed by atoms with Crippen LogP contribution in [0.1, 0.15) is 38.6 Å². The van der Waals surface area contributed by atoms with E-state index in [4.69, 9.17) is 9.73 Å². The lowest BCUT2D eigenvalue weighted by molar-refractivity contribution is 0.340. The van der Waals surface area contributed by atoms with E-state index in [0.29, 0.717) is 12.6 Å². The highest BCUT2D eigenvalue weighted by molar-refractivity contribution is 7.14. The Hall–Kier alpha value is -1.85. The maximum Gasteiger partial charge on any atom is 0.190 e. The predicted octanol–water partition coefficient (Wildman–Crippen LogP) is 6.02. The molecule has 4 rings (SSSR count). The molecule has 1 aliphatic carbocycles. The molecule has 3 nitrogen and oxygen atoms in total. The Labute approximate surface area is 156 Å². The molecule has 2 aromatic heterocycles. The molecule has 0 amide bonds. The summed E-state index contributed by atoms with van der Waals surface area (Å²) in [7, 11) is 0. The molecule has 0 spiro atoms. The standard InChI is InChI=1S/C20H22N2OS2/c1-2-23-17-11-9-15(10-12-17)21-20-22(16-6-3-4-7-16)18(14-25-20)19-8-5-13-24-19/h5,8-14,16H,2-4,6-7H2,1H3. The number of thiazole rings is 1. The second-order valence-electron chi connectivity index (χ2n) is 6.23. The molecule has 2 heterocycles. The summed E-state index contributed by atoms with van der Waals surface area (Å²) in [5.74, 6) is 0.899. The number of thiophene rings is 1. The average Bonchev–Trinajstić information content (AvgIpc) is 3.38. The van der Waals surface area contributed by atoms with E-state index in [1.54, 1.807) is 22.7 Å². The summed E-state index contributed by atoms with van der Waals surface area (Å²) >= 11 is 3.55. The summed E-state index contributed by atoms with van der Waals surface area (Å²) in [6.45, 7) is 2.69. The Balaban J connectivity index is 1.76. The van der Waals surface area contributed by atoms with Gasteiger partial charge in [0.15, 0.2) is 4.80 Å². The average molecular weight is 371 g/mol. The summed E-state index contributed by atoms with van der Waals surface area (Å²) in [4.78, 5) is 7.37. The van der Waals surface area contributed by atoms with Crippen LogP contribution >= 0.6 is 22.7 Å². The number of nitrogens with zero attached hydrogens (tertiary/aromatic N) is 2. The van der Waals surface area contributed by atoms with Gasteiger partial charge in [-0.25, -0.2) is 4.99 Å². The Bertz CT molecular complexity index is 869. The first kappa shape index (κ1) is 16.6. The second kappa shape index (κ2) is 7.58. The number of aromatic nitrogens is 1. The van der Waals surface area contributed by atoms with Gasteiger partial charge in [-0.2, -0.15) is 0 Å². The Morgan fingerprint density at radius 3 is 2.60 bits per heavy atom. The molecule has 0 aliphatic heterocycles. The zero-order valence-electron chi connectivity index (χ0n) is 14.4. The van der Waals surface area contributed by atoms with Gasteiger partial charge < -0.3 is 9.30 Å². The Morgan fingerprint density at radius 1 is 1.12 bits per heavy atom. The highest BCUT2D eigenvalue weighted by Gasteiger charge is 2.21.